The molecule has 0 radical (unpaired) electrons. The highest BCUT2D eigenvalue weighted by Gasteiger charge is 2.18. The zero-order valence-electron chi connectivity index (χ0n) is 10.7. The van der Waals surface area contributed by atoms with Crippen molar-refractivity contribution in [3.05, 3.63) is 23.2 Å². The van der Waals surface area contributed by atoms with Crippen molar-refractivity contribution in [2.45, 2.75) is 12.8 Å². The number of amides is 1. The van der Waals surface area contributed by atoms with E-state index in [1.165, 1.54) is 0 Å². The molecule has 1 aliphatic heterocycles. The van der Waals surface area contributed by atoms with Gasteiger partial charge in [-0.25, -0.2) is 0 Å². The molecule has 0 saturated carbocycles. The molecule has 0 aromatic heterocycles. The first kappa shape index (κ1) is 16.1. The van der Waals surface area contributed by atoms with Crippen molar-refractivity contribution in [1.29, 1.82) is 0 Å². The van der Waals surface area contributed by atoms with Gasteiger partial charge in [-0.3, -0.25) is 4.79 Å². The predicted molar refractivity (Wildman–Crippen MR) is 79.5 cm³/mol. The van der Waals surface area contributed by atoms with Gasteiger partial charge in [-0.05, 0) is 43.6 Å². The van der Waals surface area contributed by atoms with Crippen LogP contribution in [0.4, 0.5) is 5.69 Å². The van der Waals surface area contributed by atoms with Crippen molar-refractivity contribution in [1.82, 2.24) is 5.32 Å². The molecule has 1 heterocycles. The van der Waals surface area contributed by atoms with Crippen LogP contribution in [0.25, 0.3) is 0 Å². The van der Waals surface area contributed by atoms with Gasteiger partial charge in [-0.2, -0.15) is 0 Å². The molecule has 0 spiro atoms. The van der Waals surface area contributed by atoms with E-state index in [2.05, 4.69) is 10.6 Å². The first-order chi connectivity index (χ1) is 8.69. The molecule has 1 aromatic rings. The second-order valence-electron chi connectivity index (χ2n) is 4.46. The molecule has 1 saturated heterocycles. The van der Waals surface area contributed by atoms with Crippen molar-refractivity contribution in [3.63, 3.8) is 0 Å². The number of hydrogen-bond donors (Lipinski definition) is 2. The fourth-order valence-corrected chi connectivity index (χ4v) is 2.36. The molecule has 1 amide bonds. The summed E-state index contributed by atoms with van der Waals surface area (Å²) in [6.45, 7) is 1.93. The molecule has 2 rings (SSSR count). The van der Waals surface area contributed by atoms with Crippen molar-refractivity contribution in [2.24, 2.45) is 5.92 Å². The van der Waals surface area contributed by atoms with Crippen LogP contribution in [0.3, 0.4) is 0 Å². The molecule has 19 heavy (non-hydrogen) atoms. The predicted octanol–water partition coefficient (Wildman–Crippen LogP) is 2.71. The Labute approximate surface area is 124 Å². The van der Waals surface area contributed by atoms with E-state index in [9.17, 15) is 4.79 Å². The van der Waals surface area contributed by atoms with Crippen LogP contribution in [0.5, 0.6) is 5.75 Å². The van der Waals surface area contributed by atoms with E-state index in [0.717, 1.165) is 19.5 Å². The molecule has 1 aromatic carbocycles. The lowest BCUT2D eigenvalue weighted by Crippen LogP contribution is -2.18. The van der Waals surface area contributed by atoms with Gasteiger partial charge in [-0.1, -0.05) is 11.6 Å². The lowest BCUT2D eigenvalue weighted by molar-refractivity contribution is -0.116. The van der Waals surface area contributed by atoms with E-state index < -0.39 is 0 Å². The summed E-state index contributed by atoms with van der Waals surface area (Å²) in [5.41, 5.74) is 0.705. The van der Waals surface area contributed by atoms with Gasteiger partial charge < -0.3 is 15.4 Å². The van der Waals surface area contributed by atoms with Crippen LogP contribution in [0, 0.1) is 5.92 Å². The molecule has 0 aliphatic carbocycles. The second kappa shape index (κ2) is 7.58. The minimum atomic E-state index is 0. The van der Waals surface area contributed by atoms with Gasteiger partial charge in [0.25, 0.3) is 0 Å². The molecule has 6 heteroatoms. The third-order valence-electron chi connectivity index (χ3n) is 3.07. The zero-order valence-corrected chi connectivity index (χ0v) is 12.3. The number of anilines is 1. The van der Waals surface area contributed by atoms with Gasteiger partial charge in [0.1, 0.15) is 5.75 Å². The average Bonchev–Trinajstić information content (AvgIpc) is 2.82. The number of halogens is 2. The van der Waals surface area contributed by atoms with Crippen LogP contribution >= 0.6 is 24.0 Å². The monoisotopic (exact) mass is 304 g/mol. The highest BCUT2D eigenvalue weighted by Crippen LogP contribution is 2.27. The topological polar surface area (TPSA) is 50.4 Å². The summed E-state index contributed by atoms with van der Waals surface area (Å²) < 4.78 is 5.06. The van der Waals surface area contributed by atoms with Crippen molar-refractivity contribution >= 4 is 35.6 Å². The summed E-state index contributed by atoms with van der Waals surface area (Å²) >= 11 is 6.00. The number of carbonyl (C=O) groups excluding carboxylic acids is 1. The maximum atomic E-state index is 11.8. The van der Waals surface area contributed by atoms with E-state index in [0.29, 0.717) is 28.8 Å². The van der Waals surface area contributed by atoms with Crippen LogP contribution in [-0.4, -0.2) is 26.1 Å². The summed E-state index contributed by atoms with van der Waals surface area (Å²) in [4.78, 5) is 11.8. The fourth-order valence-electron chi connectivity index (χ4n) is 2.11. The maximum Gasteiger partial charge on any atom is 0.224 e. The number of rotatable bonds is 4. The number of ether oxygens (including phenoxy) is 1. The fraction of sp³-hybridized carbons (Fsp3) is 0.462. The van der Waals surface area contributed by atoms with Crippen molar-refractivity contribution in [2.75, 3.05) is 25.5 Å². The first-order valence-corrected chi connectivity index (χ1v) is 6.41. The van der Waals surface area contributed by atoms with E-state index >= 15 is 0 Å². The number of carbonyl (C=O) groups is 1. The third-order valence-corrected chi connectivity index (χ3v) is 3.37. The van der Waals surface area contributed by atoms with Crippen LogP contribution in [-0.2, 0) is 4.79 Å². The standard InChI is InChI=1S/C13H17ClN2O2.ClH/c1-18-12-3-2-10(7-11(12)14)16-13(17)6-9-4-5-15-8-9;/h2-3,7,9,15H,4-6,8H2,1H3,(H,16,17);1H. The van der Waals surface area contributed by atoms with Crippen LogP contribution in [0.1, 0.15) is 12.8 Å². The quantitative estimate of drug-likeness (QED) is 0.899. The van der Waals surface area contributed by atoms with Crippen LogP contribution in [0.2, 0.25) is 5.02 Å². The summed E-state index contributed by atoms with van der Waals surface area (Å²) in [5, 5.41) is 6.60. The Morgan fingerprint density at radius 2 is 2.37 bits per heavy atom. The summed E-state index contributed by atoms with van der Waals surface area (Å²) in [5.74, 6) is 1.08. The van der Waals surface area contributed by atoms with E-state index in [4.69, 9.17) is 16.3 Å². The molecule has 2 N–H and O–H groups in total. The SMILES string of the molecule is COc1ccc(NC(=O)CC2CCNC2)cc1Cl.Cl. The molecule has 4 nitrogen and oxygen atoms in total. The summed E-state index contributed by atoms with van der Waals surface area (Å²) in [6.07, 6.45) is 1.62. The molecule has 1 atom stereocenters. The van der Waals surface area contributed by atoms with Crippen LogP contribution in [0.15, 0.2) is 18.2 Å². The molecular formula is C13H18Cl2N2O2. The van der Waals surface area contributed by atoms with Gasteiger partial charge >= 0.3 is 0 Å². The Kier molecular flexibility index (Phi) is 6.42. The van der Waals surface area contributed by atoms with Gasteiger partial charge in [0.2, 0.25) is 5.91 Å². The van der Waals surface area contributed by atoms with Gasteiger partial charge in [0, 0.05) is 12.1 Å². The van der Waals surface area contributed by atoms with Gasteiger partial charge in [0.05, 0.1) is 12.1 Å². The van der Waals surface area contributed by atoms with E-state index in [1.807, 2.05) is 0 Å². The van der Waals surface area contributed by atoms with Crippen molar-refractivity contribution < 1.29 is 9.53 Å². The molecule has 1 fully saturated rings. The average molecular weight is 305 g/mol. The molecule has 1 unspecified atom stereocenters. The number of nitrogens with one attached hydrogen (secondary N) is 2. The third kappa shape index (κ3) is 4.56. The number of benzene rings is 1. The summed E-state index contributed by atoms with van der Waals surface area (Å²) in [6, 6.07) is 5.23. The second-order valence-corrected chi connectivity index (χ2v) is 4.87. The highest BCUT2D eigenvalue weighted by atomic mass is 35.5. The Bertz CT molecular complexity index is 435. The Morgan fingerprint density at radius 3 is 2.95 bits per heavy atom. The van der Waals surface area contributed by atoms with Gasteiger partial charge in [0.15, 0.2) is 0 Å². The molecule has 1 aliphatic rings. The number of hydrogen-bond acceptors (Lipinski definition) is 3. The normalized spacial score (nSPS) is 17.7. The van der Waals surface area contributed by atoms with Crippen LogP contribution < -0.4 is 15.4 Å². The molecular weight excluding hydrogens is 287 g/mol. The summed E-state index contributed by atoms with van der Waals surface area (Å²) in [7, 11) is 1.56. The minimum Gasteiger partial charge on any atom is -0.495 e. The largest absolute Gasteiger partial charge is 0.495 e. The Hall–Kier alpha value is -0.970. The maximum absolute atomic E-state index is 11.8. The van der Waals surface area contributed by atoms with Crippen molar-refractivity contribution in [3.8, 4) is 5.75 Å². The van der Waals surface area contributed by atoms with Gasteiger partial charge in [-0.15, -0.1) is 12.4 Å². The minimum absolute atomic E-state index is 0. The van der Waals surface area contributed by atoms with E-state index in [1.54, 1.807) is 25.3 Å². The van der Waals surface area contributed by atoms with E-state index in [-0.39, 0.29) is 18.3 Å². The lowest BCUT2D eigenvalue weighted by atomic mass is 10.0. The lowest BCUT2D eigenvalue weighted by Gasteiger charge is -2.10. The Balaban J connectivity index is 0.00000180. The molecule has 0 bridgehead atoms. The zero-order chi connectivity index (χ0) is 13.0. The Morgan fingerprint density at radius 1 is 1.58 bits per heavy atom. The smallest absolute Gasteiger partial charge is 0.224 e. The highest BCUT2D eigenvalue weighted by molar-refractivity contribution is 6.32. The number of methoxy groups -OCH3 is 1. The first-order valence-electron chi connectivity index (χ1n) is 6.03. The molecule has 106 valence electrons.